The molecule has 1 amide bonds. The number of benzene rings is 1. The summed E-state index contributed by atoms with van der Waals surface area (Å²) in [4.78, 5) is 12.6. The van der Waals surface area contributed by atoms with Gasteiger partial charge in [0.25, 0.3) is 5.91 Å². The van der Waals surface area contributed by atoms with Crippen LogP contribution in [0.15, 0.2) is 41.8 Å². The smallest absolute Gasteiger partial charge is 0.268 e. The van der Waals surface area contributed by atoms with E-state index in [1.54, 1.807) is 17.4 Å². The van der Waals surface area contributed by atoms with Crippen LogP contribution in [0.25, 0.3) is 10.2 Å². The van der Waals surface area contributed by atoms with Crippen molar-refractivity contribution in [2.24, 2.45) is 0 Å². The molecule has 0 bridgehead atoms. The average molecular weight is 330 g/mol. The van der Waals surface area contributed by atoms with E-state index in [1.165, 1.54) is 12.1 Å². The topological polar surface area (TPSA) is 34.0 Å². The van der Waals surface area contributed by atoms with E-state index in [-0.39, 0.29) is 17.3 Å². The van der Waals surface area contributed by atoms with Crippen molar-refractivity contribution in [3.63, 3.8) is 0 Å². The van der Waals surface area contributed by atoms with Gasteiger partial charge in [0, 0.05) is 12.1 Å². The molecule has 3 nitrogen and oxygen atoms in total. The Morgan fingerprint density at radius 1 is 1.26 bits per heavy atom. The van der Waals surface area contributed by atoms with Gasteiger partial charge in [-0.05, 0) is 56.0 Å². The lowest BCUT2D eigenvalue weighted by Crippen LogP contribution is -2.41. The molecule has 3 aromatic rings. The summed E-state index contributed by atoms with van der Waals surface area (Å²) in [6, 6.07) is 10.4. The third-order valence-electron chi connectivity index (χ3n) is 3.47. The highest BCUT2D eigenvalue weighted by atomic mass is 32.1. The number of hydrogen-bond acceptors (Lipinski definition) is 2. The largest absolute Gasteiger partial charge is 0.346 e. The Labute approximate surface area is 138 Å². The number of aromatic nitrogens is 1. The van der Waals surface area contributed by atoms with Crippen molar-refractivity contribution in [3.8, 4) is 0 Å². The Morgan fingerprint density at radius 3 is 2.74 bits per heavy atom. The van der Waals surface area contributed by atoms with Crippen LogP contribution in [0.2, 0.25) is 0 Å². The highest BCUT2D eigenvalue weighted by molar-refractivity contribution is 7.17. The summed E-state index contributed by atoms with van der Waals surface area (Å²) >= 11 is 1.60. The fourth-order valence-electron chi connectivity index (χ4n) is 2.56. The molecule has 5 heteroatoms. The van der Waals surface area contributed by atoms with Crippen molar-refractivity contribution in [3.05, 3.63) is 58.9 Å². The fourth-order valence-corrected chi connectivity index (χ4v) is 3.38. The van der Waals surface area contributed by atoms with Crippen LogP contribution in [0.5, 0.6) is 0 Å². The van der Waals surface area contributed by atoms with Gasteiger partial charge in [0.2, 0.25) is 0 Å². The highest BCUT2D eigenvalue weighted by Gasteiger charge is 2.21. The van der Waals surface area contributed by atoms with Crippen LogP contribution in [-0.4, -0.2) is 16.0 Å². The molecular formula is C18H19FN2OS. The lowest BCUT2D eigenvalue weighted by molar-refractivity contribution is 0.0911. The van der Waals surface area contributed by atoms with Gasteiger partial charge >= 0.3 is 0 Å². The molecule has 1 N–H and O–H groups in total. The van der Waals surface area contributed by atoms with E-state index in [0.717, 1.165) is 15.8 Å². The minimum Gasteiger partial charge on any atom is -0.346 e. The van der Waals surface area contributed by atoms with Gasteiger partial charge in [0.15, 0.2) is 0 Å². The van der Waals surface area contributed by atoms with Gasteiger partial charge < -0.3 is 9.88 Å². The van der Waals surface area contributed by atoms with Gasteiger partial charge in [-0.15, -0.1) is 11.3 Å². The molecule has 0 saturated carbocycles. The van der Waals surface area contributed by atoms with Gasteiger partial charge in [-0.1, -0.05) is 12.1 Å². The second-order valence-electron chi connectivity index (χ2n) is 6.62. The summed E-state index contributed by atoms with van der Waals surface area (Å²) in [6.45, 7) is 6.32. The maximum atomic E-state index is 13.4. The molecule has 1 aromatic carbocycles. The predicted molar refractivity (Wildman–Crippen MR) is 92.5 cm³/mol. The standard InChI is InChI=1S/C18H19FN2OS/c1-18(2,3)20-17(22)15-10-16-14(7-8-23-16)21(15)11-12-5-4-6-13(19)9-12/h4-10H,11H2,1-3H3,(H,20,22). The van der Waals surface area contributed by atoms with Crippen LogP contribution in [0.1, 0.15) is 36.8 Å². The van der Waals surface area contributed by atoms with Crippen LogP contribution in [-0.2, 0) is 6.54 Å². The van der Waals surface area contributed by atoms with Crippen molar-refractivity contribution < 1.29 is 9.18 Å². The monoisotopic (exact) mass is 330 g/mol. The first kappa shape index (κ1) is 15.7. The minimum absolute atomic E-state index is 0.114. The molecule has 23 heavy (non-hydrogen) atoms. The minimum atomic E-state index is -0.307. The molecular weight excluding hydrogens is 311 g/mol. The van der Waals surface area contributed by atoms with Crippen LogP contribution >= 0.6 is 11.3 Å². The molecule has 0 fully saturated rings. The SMILES string of the molecule is CC(C)(C)NC(=O)c1cc2sccc2n1Cc1cccc(F)c1. The van der Waals surface area contributed by atoms with E-state index in [0.29, 0.717) is 12.2 Å². The Kier molecular flexibility index (Phi) is 3.98. The number of fused-ring (bicyclic) bond motifs is 1. The number of nitrogens with one attached hydrogen (secondary N) is 1. The number of rotatable bonds is 3. The number of amides is 1. The lowest BCUT2D eigenvalue weighted by Gasteiger charge is -2.21. The van der Waals surface area contributed by atoms with E-state index in [2.05, 4.69) is 5.32 Å². The number of halogens is 1. The Hall–Kier alpha value is -2.14. The van der Waals surface area contributed by atoms with Crippen molar-refractivity contribution in [1.29, 1.82) is 0 Å². The molecule has 0 unspecified atom stereocenters. The number of carbonyl (C=O) groups is 1. The lowest BCUT2D eigenvalue weighted by atomic mass is 10.1. The van der Waals surface area contributed by atoms with Gasteiger partial charge in [-0.25, -0.2) is 4.39 Å². The molecule has 0 atom stereocenters. The van der Waals surface area contributed by atoms with Crippen molar-refractivity contribution in [1.82, 2.24) is 9.88 Å². The van der Waals surface area contributed by atoms with Crippen LogP contribution in [0, 0.1) is 5.82 Å². The van der Waals surface area contributed by atoms with Crippen LogP contribution in [0.4, 0.5) is 4.39 Å². The summed E-state index contributed by atoms with van der Waals surface area (Å²) in [5.41, 5.74) is 2.13. The maximum Gasteiger partial charge on any atom is 0.268 e. The Bertz CT molecular complexity index is 857. The zero-order chi connectivity index (χ0) is 16.6. The number of carbonyl (C=O) groups excluding carboxylic acids is 1. The summed E-state index contributed by atoms with van der Waals surface area (Å²) in [5.74, 6) is -0.380. The molecule has 0 spiro atoms. The maximum absolute atomic E-state index is 13.4. The van der Waals surface area contributed by atoms with Crippen LogP contribution < -0.4 is 5.32 Å². The number of hydrogen-bond donors (Lipinski definition) is 1. The van der Waals surface area contributed by atoms with E-state index < -0.39 is 0 Å². The fraction of sp³-hybridized carbons (Fsp3) is 0.278. The van der Waals surface area contributed by atoms with E-state index >= 15 is 0 Å². The molecule has 0 aliphatic heterocycles. The van der Waals surface area contributed by atoms with Gasteiger partial charge in [-0.2, -0.15) is 0 Å². The third-order valence-corrected chi connectivity index (χ3v) is 4.33. The van der Waals surface area contributed by atoms with E-state index in [4.69, 9.17) is 0 Å². The normalized spacial score (nSPS) is 11.8. The van der Waals surface area contributed by atoms with Gasteiger partial charge in [-0.3, -0.25) is 4.79 Å². The molecule has 0 aliphatic rings. The quantitative estimate of drug-likeness (QED) is 0.758. The molecule has 2 heterocycles. The molecule has 0 aliphatic carbocycles. The molecule has 120 valence electrons. The molecule has 0 saturated heterocycles. The summed E-state index contributed by atoms with van der Waals surface area (Å²) in [7, 11) is 0. The second-order valence-corrected chi connectivity index (χ2v) is 7.57. The zero-order valence-electron chi connectivity index (χ0n) is 13.4. The summed E-state index contributed by atoms with van der Waals surface area (Å²) in [5, 5.41) is 4.99. The highest BCUT2D eigenvalue weighted by Crippen LogP contribution is 2.26. The Morgan fingerprint density at radius 2 is 2.04 bits per heavy atom. The van der Waals surface area contributed by atoms with Crippen molar-refractivity contribution >= 4 is 27.5 Å². The second kappa shape index (κ2) is 5.81. The zero-order valence-corrected chi connectivity index (χ0v) is 14.2. The summed E-state index contributed by atoms with van der Waals surface area (Å²) in [6.07, 6.45) is 0. The first-order chi connectivity index (χ1) is 10.8. The van der Waals surface area contributed by atoms with Crippen LogP contribution in [0.3, 0.4) is 0 Å². The molecule has 2 aromatic heterocycles. The predicted octanol–water partition coefficient (Wildman–Crippen LogP) is 4.42. The van der Waals surface area contributed by atoms with Crippen molar-refractivity contribution in [2.75, 3.05) is 0 Å². The first-order valence-electron chi connectivity index (χ1n) is 7.47. The van der Waals surface area contributed by atoms with Gasteiger partial charge in [0.05, 0.1) is 10.2 Å². The Balaban J connectivity index is 2.02. The number of nitrogens with zero attached hydrogens (tertiary/aromatic N) is 1. The van der Waals surface area contributed by atoms with E-state index in [1.807, 2.05) is 48.9 Å². The first-order valence-corrected chi connectivity index (χ1v) is 8.35. The van der Waals surface area contributed by atoms with Crippen molar-refractivity contribution in [2.45, 2.75) is 32.9 Å². The third kappa shape index (κ3) is 3.45. The van der Waals surface area contributed by atoms with Gasteiger partial charge in [0.1, 0.15) is 11.5 Å². The van der Waals surface area contributed by atoms with E-state index in [9.17, 15) is 9.18 Å². The molecule has 3 rings (SSSR count). The number of thiophene rings is 1. The summed E-state index contributed by atoms with van der Waals surface area (Å²) < 4.78 is 16.4. The molecule has 0 radical (unpaired) electrons. The average Bonchev–Trinajstić information content (AvgIpc) is 2.99.